The summed E-state index contributed by atoms with van der Waals surface area (Å²) in [6.45, 7) is 7.26. The zero-order valence-corrected chi connectivity index (χ0v) is 22.8. The summed E-state index contributed by atoms with van der Waals surface area (Å²) in [5, 5.41) is 10.2. The standard InChI is InChI=1S/C23H26N4O4S.3ClH/c1-15-4-5-16(2)21(12-15)26-8-10-27(11-9-26)22-14-19(23(28)29)18-13-17(25-32(3,30)31)6-7-20(18)24-22;;;/h4-7,12-14,25H,8-11H2,1-3H3,(H,28,29);3*1H. The van der Waals surface area contributed by atoms with Crippen LogP contribution in [-0.2, 0) is 10.0 Å². The van der Waals surface area contributed by atoms with E-state index in [1.54, 1.807) is 18.2 Å². The van der Waals surface area contributed by atoms with E-state index in [1.807, 2.05) is 0 Å². The third-order valence-electron chi connectivity index (χ3n) is 5.64. The minimum Gasteiger partial charge on any atom is -0.478 e. The number of rotatable bonds is 5. The normalized spacial score (nSPS) is 13.3. The monoisotopic (exact) mass is 562 g/mol. The third kappa shape index (κ3) is 7.04. The molecular formula is C23H29Cl3N4O4S. The van der Waals surface area contributed by atoms with E-state index in [9.17, 15) is 18.3 Å². The SMILES string of the molecule is Cc1ccc(C)c(N2CCN(c3cc(C(=O)O)c4cc(NS(C)(=O)=O)ccc4n3)CC2)c1.Cl.Cl.Cl. The molecule has 3 aromatic rings. The lowest BCUT2D eigenvalue weighted by atomic mass is 10.1. The van der Waals surface area contributed by atoms with Crippen molar-refractivity contribution in [2.45, 2.75) is 13.8 Å². The lowest BCUT2D eigenvalue weighted by Crippen LogP contribution is -2.47. The third-order valence-corrected chi connectivity index (χ3v) is 6.24. The van der Waals surface area contributed by atoms with Gasteiger partial charge in [-0.1, -0.05) is 12.1 Å². The van der Waals surface area contributed by atoms with E-state index in [0.29, 0.717) is 22.4 Å². The zero-order valence-electron chi connectivity index (χ0n) is 19.5. The van der Waals surface area contributed by atoms with Crippen molar-refractivity contribution >= 4 is 81.3 Å². The highest BCUT2D eigenvalue weighted by molar-refractivity contribution is 7.92. The van der Waals surface area contributed by atoms with E-state index < -0.39 is 16.0 Å². The first-order chi connectivity index (χ1) is 15.1. The van der Waals surface area contributed by atoms with E-state index in [2.05, 4.69) is 51.6 Å². The van der Waals surface area contributed by atoms with Gasteiger partial charge in [0.05, 0.1) is 17.3 Å². The van der Waals surface area contributed by atoms with Gasteiger partial charge in [-0.15, -0.1) is 37.2 Å². The number of fused-ring (bicyclic) bond motifs is 1. The Labute approximate surface area is 224 Å². The predicted octanol–water partition coefficient (Wildman–Crippen LogP) is 4.51. The Hall–Kier alpha value is -2.46. The van der Waals surface area contributed by atoms with Gasteiger partial charge in [-0.2, -0.15) is 0 Å². The summed E-state index contributed by atoms with van der Waals surface area (Å²) in [5.74, 6) is -0.469. The number of benzene rings is 2. The molecule has 0 bridgehead atoms. The molecule has 0 spiro atoms. The highest BCUT2D eigenvalue weighted by Gasteiger charge is 2.22. The molecule has 0 saturated carbocycles. The average molecular weight is 564 g/mol. The van der Waals surface area contributed by atoms with Crippen LogP contribution >= 0.6 is 37.2 Å². The Morgan fingerprint density at radius 2 is 1.57 bits per heavy atom. The Morgan fingerprint density at radius 1 is 0.943 bits per heavy atom. The minimum atomic E-state index is -3.47. The molecule has 0 amide bonds. The molecule has 2 aromatic carbocycles. The molecule has 2 heterocycles. The van der Waals surface area contributed by atoms with Crippen LogP contribution in [0.3, 0.4) is 0 Å². The number of aryl methyl sites for hydroxylation is 2. The molecule has 1 saturated heterocycles. The molecule has 4 rings (SSSR count). The van der Waals surface area contributed by atoms with Crippen LogP contribution < -0.4 is 14.5 Å². The lowest BCUT2D eigenvalue weighted by molar-refractivity contribution is 0.0699. The number of carbonyl (C=O) groups is 1. The van der Waals surface area contributed by atoms with Crippen LogP contribution in [0.5, 0.6) is 0 Å². The fourth-order valence-corrected chi connectivity index (χ4v) is 4.62. The molecule has 1 aliphatic heterocycles. The molecule has 1 fully saturated rings. The molecule has 12 heteroatoms. The topological polar surface area (TPSA) is 103 Å². The van der Waals surface area contributed by atoms with Gasteiger partial charge in [0, 0.05) is 42.9 Å². The van der Waals surface area contributed by atoms with Crippen LogP contribution in [0.25, 0.3) is 10.9 Å². The van der Waals surface area contributed by atoms with Gasteiger partial charge in [-0.3, -0.25) is 4.72 Å². The van der Waals surface area contributed by atoms with Gasteiger partial charge >= 0.3 is 5.97 Å². The first-order valence-corrected chi connectivity index (χ1v) is 12.2. The first-order valence-electron chi connectivity index (χ1n) is 10.3. The number of aromatic carboxylic acids is 1. The molecule has 192 valence electrons. The van der Waals surface area contributed by atoms with Crippen molar-refractivity contribution in [1.29, 1.82) is 0 Å². The molecule has 0 radical (unpaired) electrons. The van der Waals surface area contributed by atoms with Gasteiger partial charge in [0.15, 0.2) is 0 Å². The fourth-order valence-electron chi connectivity index (χ4n) is 4.06. The first kappa shape index (κ1) is 30.6. The second kappa shape index (κ2) is 12.0. The predicted molar refractivity (Wildman–Crippen MR) is 149 cm³/mol. The van der Waals surface area contributed by atoms with E-state index in [4.69, 9.17) is 0 Å². The molecular weight excluding hydrogens is 535 g/mol. The summed E-state index contributed by atoms with van der Waals surface area (Å²) in [4.78, 5) is 21.1. The summed E-state index contributed by atoms with van der Waals surface area (Å²) >= 11 is 0. The average Bonchev–Trinajstić information content (AvgIpc) is 2.73. The molecule has 1 aromatic heterocycles. The Bertz CT molecular complexity index is 1310. The summed E-state index contributed by atoms with van der Waals surface area (Å²) in [5.41, 5.74) is 4.60. The van der Waals surface area contributed by atoms with Gasteiger partial charge in [-0.25, -0.2) is 18.2 Å². The summed E-state index contributed by atoms with van der Waals surface area (Å²) in [7, 11) is -3.47. The number of piperazine rings is 1. The zero-order chi connectivity index (χ0) is 23.0. The maximum Gasteiger partial charge on any atom is 0.336 e. The molecule has 0 atom stereocenters. The minimum absolute atomic E-state index is 0. The maximum absolute atomic E-state index is 12.0. The Morgan fingerprint density at radius 3 is 2.17 bits per heavy atom. The van der Waals surface area contributed by atoms with Crippen LogP contribution in [0.4, 0.5) is 17.2 Å². The molecule has 0 unspecified atom stereocenters. The summed E-state index contributed by atoms with van der Waals surface area (Å²) in [6.07, 6.45) is 1.05. The second-order valence-electron chi connectivity index (χ2n) is 8.20. The van der Waals surface area contributed by atoms with Crippen molar-refractivity contribution in [3.05, 3.63) is 59.2 Å². The van der Waals surface area contributed by atoms with Crippen LogP contribution in [0, 0.1) is 13.8 Å². The molecule has 2 N–H and O–H groups in total. The smallest absolute Gasteiger partial charge is 0.336 e. The Kier molecular flexibility index (Phi) is 10.5. The highest BCUT2D eigenvalue weighted by atomic mass is 35.5. The van der Waals surface area contributed by atoms with Crippen LogP contribution in [0.1, 0.15) is 21.5 Å². The number of hydrogen-bond acceptors (Lipinski definition) is 6. The van der Waals surface area contributed by atoms with Gasteiger partial charge < -0.3 is 14.9 Å². The van der Waals surface area contributed by atoms with E-state index in [0.717, 1.165) is 32.4 Å². The number of halogens is 3. The van der Waals surface area contributed by atoms with E-state index >= 15 is 0 Å². The van der Waals surface area contributed by atoms with E-state index in [1.165, 1.54) is 22.9 Å². The maximum atomic E-state index is 12.0. The van der Waals surface area contributed by atoms with Crippen molar-refractivity contribution < 1.29 is 18.3 Å². The quantitative estimate of drug-likeness (QED) is 0.471. The number of nitrogens with zero attached hydrogens (tertiary/aromatic N) is 3. The number of sulfonamides is 1. The molecule has 8 nitrogen and oxygen atoms in total. The van der Waals surface area contributed by atoms with E-state index in [-0.39, 0.29) is 42.8 Å². The number of anilines is 3. The number of carboxylic acid groups (broad SMARTS) is 1. The number of carboxylic acids is 1. The Balaban J connectivity index is 0.00000204. The fraction of sp³-hybridized carbons (Fsp3) is 0.304. The number of aromatic nitrogens is 1. The van der Waals surface area contributed by atoms with Crippen molar-refractivity contribution in [1.82, 2.24) is 4.98 Å². The summed E-state index contributed by atoms with van der Waals surface area (Å²) < 4.78 is 25.4. The van der Waals surface area contributed by atoms with Crippen molar-refractivity contribution in [3.8, 4) is 0 Å². The largest absolute Gasteiger partial charge is 0.478 e. The number of pyridine rings is 1. The molecule has 1 aliphatic rings. The highest BCUT2D eigenvalue weighted by Crippen LogP contribution is 2.28. The van der Waals surface area contributed by atoms with Gasteiger partial charge in [0.2, 0.25) is 10.0 Å². The molecule has 35 heavy (non-hydrogen) atoms. The van der Waals surface area contributed by atoms with Gasteiger partial charge in [0.1, 0.15) is 5.82 Å². The van der Waals surface area contributed by atoms with Crippen LogP contribution in [0.2, 0.25) is 0 Å². The second-order valence-corrected chi connectivity index (χ2v) is 9.95. The van der Waals surface area contributed by atoms with Gasteiger partial charge in [0.25, 0.3) is 0 Å². The van der Waals surface area contributed by atoms with Crippen molar-refractivity contribution in [2.24, 2.45) is 0 Å². The molecule has 0 aliphatic carbocycles. The van der Waals surface area contributed by atoms with Crippen molar-refractivity contribution in [3.63, 3.8) is 0 Å². The van der Waals surface area contributed by atoms with Crippen LogP contribution in [-0.4, -0.2) is 56.9 Å². The van der Waals surface area contributed by atoms with Crippen molar-refractivity contribution in [2.75, 3.05) is 47.0 Å². The number of hydrogen-bond donors (Lipinski definition) is 2. The van der Waals surface area contributed by atoms with Crippen LogP contribution in [0.15, 0.2) is 42.5 Å². The summed E-state index contributed by atoms with van der Waals surface area (Å²) in [6, 6.07) is 12.8. The number of nitrogens with one attached hydrogen (secondary N) is 1. The van der Waals surface area contributed by atoms with Gasteiger partial charge in [-0.05, 0) is 55.3 Å². The lowest BCUT2D eigenvalue weighted by Gasteiger charge is -2.37.